The van der Waals surface area contributed by atoms with E-state index in [2.05, 4.69) is 0 Å². The molecule has 0 saturated carbocycles. The van der Waals surface area contributed by atoms with Gasteiger partial charge in [-0.1, -0.05) is 13.8 Å². The number of amides is 1. The van der Waals surface area contributed by atoms with Gasteiger partial charge in [0.25, 0.3) is 0 Å². The van der Waals surface area contributed by atoms with Crippen LogP contribution in [-0.2, 0) is 17.1 Å². The van der Waals surface area contributed by atoms with Crippen LogP contribution < -0.4 is 5.73 Å². The second-order valence-electron chi connectivity index (χ2n) is 5.36. The van der Waals surface area contributed by atoms with Crippen LogP contribution in [0.2, 0.25) is 0 Å². The molecule has 0 aliphatic rings. The first-order valence-corrected chi connectivity index (χ1v) is 6.40. The zero-order chi connectivity index (χ0) is 17.3. The van der Waals surface area contributed by atoms with Gasteiger partial charge in [0.15, 0.2) is 0 Å². The van der Waals surface area contributed by atoms with Crippen molar-refractivity contribution in [3.63, 3.8) is 0 Å². The summed E-state index contributed by atoms with van der Waals surface area (Å²) in [4.78, 5) is 11.0. The van der Waals surface area contributed by atoms with Crippen LogP contribution in [0.1, 0.15) is 42.9 Å². The fourth-order valence-corrected chi connectivity index (χ4v) is 2.15. The lowest BCUT2D eigenvalue weighted by atomic mass is 9.84. The first-order chi connectivity index (χ1) is 9.82. The van der Waals surface area contributed by atoms with Gasteiger partial charge >= 0.3 is 12.4 Å². The van der Waals surface area contributed by atoms with E-state index in [0.717, 1.165) is 0 Å². The molecular weight excluding hydrogens is 348 g/mol. The van der Waals surface area contributed by atoms with Crippen LogP contribution in [0.5, 0.6) is 0 Å². The molecule has 0 spiro atoms. The molecule has 0 fully saturated rings. The standard InChI is InChI=1S/C14H15F6NO.ClH/c1-7(2)11(6-12(21)22)8-3-9(13(15,16)17)5-10(4-8)14(18,19)20;/h3-5,7,11H,6H2,1-2H3,(H2,21,22);1H. The number of nitrogens with two attached hydrogens (primary N) is 1. The first kappa shape index (κ1) is 21.6. The Morgan fingerprint density at radius 3 is 1.65 bits per heavy atom. The van der Waals surface area contributed by atoms with E-state index in [1.165, 1.54) is 0 Å². The highest BCUT2D eigenvalue weighted by Crippen LogP contribution is 2.39. The van der Waals surface area contributed by atoms with Crippen molar-refractivity contribution in [3.05, 3.63) is 34.9 Å². The molecule has 0 aliphatic carbocycles. The zero-order valence-electron chi connectivity index (χ0n) is 12.3. The molecule has 1 rings (SSSR count). The minimum atomic E-state index is -4.91. The van der Waals surface area contributed by atoms with Crippen LogP contribution in [-0.4, -0.2) is 5.91 Å². The molecular formula is C14H16ClF6NO. The van der Waals surface area contributed by atoms with Gasteiger partial charge in [-0.3, -0.25) is 4.79 Å². The molecule has 9 heteroatoms. The average molecular weight is 364 g/mol. The van der Waals surface area contributed by atoms with Crippen molar-refractivity contribution in [1.29, 1.82) is 0 Å². The smallest absolute Gasteiger partial charge is 0.370 e. The van der Waals surface area contributed by atoms with Gasteiger partial charge in [0.1, 0.15) is 0 Å². The number of hydrogen-bond donors (Lipinski definition) is 1. The van der Waals surface area contributed by atoms with E-state index in [-0.39, 0.29) is 36.4 Å². The normalized spacial score (nSPS) is 13.6. The molecule has 1 unspecified atom stereocenters. The SMILES string of the molecule is CC(C)C(CC(N)=O)c1cc(C(F)(F)F)cc(C(F)(F)F)c1.Cl. The second-order valence-corrected chi connectivity index (χ2v) is 5.36. The summed E-state index contributed by atoms with van der Waals surface area (Å²) in [6.07, 6.45) is -10.1. The summed E-state index contributed by atoms with van der Waals surface area (Å²) in [5, 5.41) is 0. The number of primary amides is 1. The van der Waals surface area contributed by atoms with E-state index in [1.54, 1.807) is 13.8 Å². The van der Waals surface area contributed by atoms with Crippen molar-refractivity contribution in [1.82, 2.24) is 0 Å². The predicted octanol–water partition coefficient (Wildman–Crippen LogP) is 4.76. The number of hydrogen-bond acceptors (Lipinski definition) is 1. The van der Waals surface area contributed by atoms with Gasteiger partial charge in [-0.15, -0.1) is 12.4 Å². The van der Waals surface area contributed by atoms with E-state index in [1.807, 2.05) is 0 Å². The van der Waals surface area contributed by atoms with Crippen LogP contribution in [0, 0.1) is 5.92 Å². The van der Waals surface area contributed by atoms with Crippen LogP contribution in [0.25, 0.3) is 0 Å². The number of halogens is 7. The number of rotatable bonds is 4. The summed E-state index contributed by atoms with van der Waals surface area (Å²) >= 11 is 0. The number of carbonyl (C=O) groups excluding carboxylic acids is 1. The molecule has 1 aromatic rings. The Labute approximate surface area is 135 Å². The highest BCUT2D eigenvalue weighted by atomic mass is 35.5. The lowest BCUT2D eigenvalue weighted by Crippen LogP contribution is -2.20. The van der Waals surface area contributed by atoms with E-state index < -0.39 is 35.3 Å². The third kappa shape index (κ3) is 5.93. The molecule has 0 aromatic heterocycles. The fourth-order valence-electron chi connectivity index (χ4n) is 2.15. The summed E-state index contributed by atoms with van der Waals surface area (Å²) in [6, 6.07) is 1.34. The van der Waals surface area contributed by atoms with Crippen LogP contribution >= 0.6 is 12.4 Å². The molecule has 23 heavy (non-hydrogen) atoms. The Morgan fingerprint density at radius 1 is 1.00 bits per heavy atom. The van der Waals surface area contributed by atoms with Crippen molar-refractivity contribution in [2.24, 2.45) is 11.7 Å². The van der Waals surface area contributed by atoms with E-state index >= 15 is 0 Å². The molecule has 0 radical (unpaired) electrons. The Morgan fingerprint density at radius 2 is 1.39 bits per heavy atom. The summed E-state index contributed by atoms with van der Waals surface area (Å²) in [6.45, 7) is 3.20. The maximum atomic E-state index is 12.8. The Balaban J connectivity index is 0.00000484. The lowest BCUT2D eigenvalue weighted by Gasteiger charge is -2.22. The maximum Gasteiger partial charge on any atom is 0.416 e. The summed E-state index contributed by atoms with van der Waals surface area (Å²) < 4.78 is 76.8. The minimum Gasteiger partial charge on any atom is -0.370 e. The zero-order valence-corrected chi connectivity index (χ0v) is 13.1. The quantitative estimate of drug-likeness (QED) is 0.770. The van der Waals surface area contributed by atoms with Gasteiger partial charge in [-0.2, -0.15) is 26.3 Å². The van der Waals surface area contributed by atoms with Gasteiger partial charge in [-0.05, 0) is 35.6 Å². The molecule has 0 bridgehead atoms. The van der Waals surface area contributed by atoms with E-state index in [0.29, 0.717) is 12.1 Å². The van der Waals surface area contributed by atoms with E-state index in [4.69, 9.17) is 5.73 Å². The molecule has 132 valence electrons. The molecule has 0 saturated heterocycles. The van der Waals surface area contributed by atoms with Gasteiger partial charge < -0.3 is 5.73 Å². The van der Waals surface area contributed by atoms with Crippen molar-refractivity contribution < 1.29 is 31.1 Å². The van der Waals surface area contributed by atoms with Gasteiger partial charge in [-0.25, -0.2) is 0 Å². The minimum absolute atomic E-state index is 0. The topological polar surface area (TPSA) is 43.1 Å². The second kappa shape index (κ2) is 7.42. The van der Waals surface area contributed by atoms with Crippen LogP contribution in [0.15, 0.2) is 18.2 Å². The number of benzene rings is 1. The molecule has 2 nitrogen and oxygen atoms in total. The molecule has 2 N–H and O–H groups in total. The molecule has 0 aliphatic heterocycles. The summed E-state index contributed by atoms with van der Waals surface area (Å²) in [7, 11) is 0. The summed E-state index contributed by atoms with van der Waals surface area (Å²) in [5.41, 5.74) is 2.04. The Bertz CT molecular complexity index is 521. The molecule has 1 amide bonds. The molecule has 1 aromatic carbocycles. The van der Waals surface area contributed by atoms with Gasteiger partial charge in [0.2, 0.25) is 5.91 Å². The number of carbonyl (C=O) groups is 1. The van der Waals surface area contributed by atoms with Gasteiger partial charge in [0.05, 0.1) is 11.1 Å². The Hall–Kier alpha value is -1.44. The van der Waals surface area contributed by atoms with Gasteiger partial charge in [0, 0.05) is 6.42 Å². The van der Waals surface area contributed by atoms with Crippen LogP contribution in [0.4, 0.5) is 26.3 Å². The highest BCUT2D eigenvalue weighted by molar-refractivity contribution is 5.85. The van der Waals surface area contributed by atoms with Crippen molar-refractivity contribution in [2.45, 2.75) is 38.5 Å². The molecule has 0 heterocycles. The third-order valence-electron chi connectivity index (χ3n) is 3.26. The maximum absolute atomic E-state index is 12.8. The fraction of sp³-hybridized carbons (Fsp3) is 0.500. The average Bonchev–Trinajstić information content (AvgIpc) is 2.32. The monoisotopic (exact) mass is 363 g/mol. The summed E-state index contributed by atoms with van der Waals surface area (Å²) in [5.74, 6) is -1.96. The lowest BCUT2D eigenvalue weighted by molar-refractivity contribution is -0.143. The first-order valence-electron chi connectivity index (χ1n) is 6.40. The van der Waals surface area contributed by atoms with Crippen LogP contribution in [0.3, 0.4) is 0 Å². The largest absolute Gasteiger partial charge is 0.416 e. The predicted molar refractivity (Wildman–Crippen MR) is 75.1 cm³/mol. The van der Waals surface area contributed by atoms with Crippen molar-refractivity contribution in [3.8, 4) is 0 Å². The van der Waals surface area contributed by atoms with Crippen molar-refractivity contribution >= 4 is 18.3 Å². The third-order valence-corrected chi connectivity index (χ3v) is 3.26. The molecule has 1 atom stereocenters. The van der Waals surface area contributed by atoms with E-state index in [9.17, 15) is 31.1 Å². The number of alkyl halides is 6. The highest BCUT2D eigenvalue weighted by Gasteiger charge is 2.37. The Kier molecular flexibility index (Phi) is 6.96. The van der Waals surface area contributed by atoms with Crippen molar-refractivity contribution in [2.75, 3.05) is 0 Å².